The highest BCUT2D eigenvalue weighted by atomic mass is 16.6. The summed E-state index contributed by atoms with van der Waals surface area (Å²) in [6, 6.07) is 13.9. The lowest BCUT2D eigenvalue weighted by atomic mass is 9.90. The van der Waals surface area contributed by atoms with E-state index >= 15 is 0 Å². The highest BCUT2D eigenvalue weighted by molar-refractivity contribution is 6.31. The summed E-state index contributed by atoms with van der Waals surface area (Å²) in [6.07, 6.45) is 0. The SMILES string of the molecule is COC(=O)[C@@]1(O)Cn2c3cc(C)ccc3c3c4c(c5c6ccccc6n(c5c32)[C@@]1(C)OC)CNC4=O. The van der Waals surface area contributed by atoms with Gasteiger partial charge in [-0.05, 0) is 37.1 Å². The molecule has 2 aromatic heterocycles. The van der Waals surface area contributed by atoms with Crippen molar-refractivity contribution < 1.29 is 24.2 Å². The smallest absolute Gasteiger partial charge is 0.344 e. The van der Waals surface area contributed by atoms with Crippen LogP contribution in [0.2, 0.25) is 0 Å². The van der Waals surface area contributed by atoms with E-state index in [2.05, 4.69) is 5.32 Å². The van der Waals surface area contributed by atoms with Gasteiger partial charge >= 0.3 is 5.97 Å². The number of hydrogen-bond acceptors (Lipinski definition) is 5. The predicted molar refractivity (Wildman–Crippen MR) is 136 cm³/mol. The second kappa shape index (κ2) is 6.66. The number of rotatable bonds is 2. The van der Waals surface area contributed by atoms with E-state index in [4.69, 9.17) is 9.47 Å². The molecule has 2 N–H and O–H groups in total. The van der Waals surface area contributed by atoms with Gasteiger partial charge in [-0.15, -0.1) is 0 Å². The quantitative estimate of drug-likeness (QED) is 0.374. The Kier molecular flexibility index (Phi) is 3.96. The molecular weight excluding hydrogens is 458 g/mol. The number of benzene rings is 3. The fraction of sp³-hybridized carbons (Fsp3) is 0.286. The van der Waals surface area contributed by atoms with E-state index in [9.17, 15) is 14.7 Å². The highest BCUT2D eigenvalue weighted by Gasteiger charge is 2.59. The van der Waals surface area contributed by atoms with Crippen LogP contribution in [-0.4, -0.2) is 45.9 Å². The molecule has 0 bridgehead atoms. The number of para-hydroxylation sites is 1. The number of aliphatic hydroxyl groups is 1. The molecule has 2 atom stereocenters. The van der Waals surface area contributed by atoms with Crippen molar-refractivity contribution in [1.82, 2.24) is 14.5 Å². The van der Waals surface area contributed by atoms with Crippen LogP contribution >= 0.6 is 0 Å². The highest BCUT2D eigenvalue weighted by Crippen LogP contribution is 2.51. The van der Waals surface area contributed by atoms with Gasteiger partial charge in [0.15, 0.2) is 5.72 Å². The van der Waals surface area contributed by atoms with E-state index in [0.29, 0.717) is 12.1 Å². The molecule has 7 rings (SSSR count). The maximum Gasteiger partial charge on any atom is 0.344 e. The summed E-state index contributed by atoms with van der Waals surface area (Å²) < 4.78 is 15.1. The number of aromatic nitrogens is 2. The summed E-state index contributed by atoms with van der Waals surface area (Å²) in [4.78, 5) is 26.7. The molecule has 8 nitrogen and oxygen atoms in total. The number of ether oxygens (including phenoxy) is 2. The van der Waals surface area contributed by atoms with E-state index < -0.39 is 17.3 Å². The summed E-state index contributed by atoms with van der Waals surface area (Å²) in [7, 11) is 2.76. The molecule has 0 fully saturated rings. The van der Waals surface area contributed by atoms with Gasteiger partial charge in [0.2, 0.25) is 5.60 Å². The van der Waals surface area contributed by atoms with E-state index in [1.54, 1.807) is 6.92 Å². The minimum absolute atomic E-state index is 0.112. The van der Waals surface area contributed by atoms with Crippen LogP contribution in [0.15, 0.2) is 42.5 Å². The largest absolute Gasteiger partial charge is 0.467 e. The lowest BCUT2D eigenvalue weighted by Crippen LogP contribution is -2.61. The number of carbonyl (C=O) groups is 2. The molecule has 8 heteroatoms. The van der Waals surface area contributed by atoms with Crippen molar-refractivity contribution in [2.75, 3.05) is 14.2 Å². The molecule has 182 valence electrons. The number of fused-ring (bicyclic) bond motifs is 9. The Morgan fingerprint density at radius 2 is 1.81 bits per heavy atom. The molecule has 0 unspecified atom stereocenters. The van der Waals surface area contributed by atoms with Crippen molar-refractivity contribution in [3.05, 3.63) is 59.2 Å². The first-order valence-electron chi connectivity index (χ1n) is 11.9. The van der Waals surface area contributed by atoms with E-state index in [0.717, 1.165) is 54.7 Å². The Morgan fingerprint density at radius 3 is 2.56 bits per heavy atom. The minimum atomic E-state index is -2.08. The van der Waals surface area contributed by atoms with E-state index in [1.807, 2.05) is 58.5 Å². The molecule has 2 aliphatic heterocycles. The summed E-state index contributed by atoms with van der Waals surface area (Å²) in [5.74, 6) is -0.913. The van der Waals surface area contributed by atoms with Crippen LogP contribution < -0.4 is 5.32 Å². The Balaban J connectivity index is 1.87. The lowest BCUT2D eigenvalue weighted by Gasteiger charge is -2.42. The van der Waals surface area contributed by atoms with Gasteiger partial charge in [-0.2, -0.15) is 0 Å². The molecule has 1 amide bonds. The molecule has 0 spiro atoms. The van der Waals surface area contributed by atoms with Crippen molar-refractivity contribution >= 4 is 55.5 Å². The molecule has 5 aromatic rings. The zero-order valence-electron chi connectivity index (χ0n) is 20.4. The first-order chi connectivity index (χ1) is 17.3. The number of nitrogens with zero attached hydrogens (tertiary/aromatic N) is 2. The summed E-state index contributed by atoms with van der Waals surface area (Å²) in [5, 5.41) is 18.9. The van der Waals surface area contributed by atoms with Gasteiger partial charge in [0.25, 0.3) is 5.91 Å². The van der Waals surface area contributed by atoms with Crippen LogP contribution in [0.3, 0.4) is 0 Å². The molecule has 0 saturated carbocycles. The number of amides is 1. The summed E-state index contributed by atoms with van der Waals surface area (Å²) in [5.41, 5.74) is 2.23. The standard InChI is InChI=1S/C28H25N3O5/c1-14-9-10-16-19(11-14)30-13-28(34,26(33)35-3)27(2,36-4)31-18-8-6-5-7-15(18)20-17-12-29-25(32)22(17)21(16)23(30)24(20)31/h5-11,34H,12-13H2,1-4H3,(H,29,32)/t27-,28-/m0/s1. The van der Waals surface area contributed by atoms with Gasteiger partial charge in [0.1, 0.15) is 0 Å². The van der Waals surface area contributed by atoms with Crippen LogP contribution in [0.5, 0.6) is 0 Å². The number of carbonyl (C=O) groups excluding carboxylic acids is 2. The van der Waals surface area contributed by atoms with E-state index in [-0.39, 0.29) is 12.5 Å². The van der Waals surface area contributed by atoms with Gasteiger partial charge in [-0.25, -0.2) is 4.79 Å². The third kappa shape index (κ3) is 2.18. The van der Waals surface area contributed by atoms with Crippen LogP contribution in [0.25, 0.3) is 43.6 Å². The second-order valence-electron chi connectivity index (χ2n) is 9.98. The predicted octanol–water partition coefficient (Wildman–Crippen LogP) is 3.69. The molecule has 0 saturated heterocycles. The molecule has 3 aromatic carbocycles. The molecule has 4 heterocycles. The second-order valence-corrected chi connectivity index (χ2v) is 9.98. The fourth-order valence-corrected chi connectivity index (χ4v) is 6.54. The number of aryl methyl sites for hydroxylation is 1. The van der Waals surface area contributed by atoms with Crippen molar-refractivity contribution in [1.29, 1.82) is 0 Å². The average molecular weight is 484 g/mol. The maximum atomic E-state index is 13.4. The first kappa shape index (κ1) is 21.4. The molecular formula is C28H25N3O5. The Labute approximate surface area is 206 Å². The van der Waals surface area contributed by atoms with Gasteiger partial charge in [-0.3, -0.25) is 4.79 Å². The van der Waals surface area contributed by atoms with Crippen molar-refractivity contribution in [2.45, 2.75) is 38.3 Å². The number of nitrogens with one attached hydrogen (secondary N) is 1. The van der Waals surface area contributed by atoms with Crippen molar-refractivity contribution in [3.63, 3.8) is 0 Å². The lowest BCUT2D eigenvalue weighted by molar-refractivity contribution is -0.225. The van der Waals surface area contributed by atoms with Crippen LogP contribution in [0.1, 0.15) is 28.4 Å². The van der Waals surface area contributed by atoms with Crippen molar-refractivity contribution in [3.8, 4) is 0 Å². The number of hydrogen-bond donors (Lipinski definition) is 2. The topological polar surface area (TPSA) is 94.7 Å². The minimum Gasteiger partial charge on any atom is -0.467 e. The molecule has 0 radical (unpaired) electrons. The van der Waals surface area contributed by atoms with Crippen LogP contribution in [0.4, 0.5) is 0 Å². The average Bonchev–Trinajstić information content (AvgIpc) is 3.50. The zero-order valence-corrected chi connectivity index (χ0v) is 20.4. The number of methoxy groups -OCH3 is 2. The van der Waals surface area contributed by atoms with Crippen LogP contribution in [-0.2, 0) is 33.1 Å². The summed E-state index contributed by atoms with van der Waals surface area (Å²) in [6.45, 7) is 4.01. The van der Waals surface area contributed by atoms with E-state index in [1.165, 1.54) is 14.2 Å². The van der Waals surface area contributed by atoms with Gasteiger partial charge < -0.3 is 29.0 Å². The molecule has 36 heavy (non-hydrogen) atoms. The van der Waals surface area contributed by atoms with Gasteiger partial charge in [-0.1, -0.05) is 30.3 Å². The van der Waals surface area contributed by atoms with Crippen molar-refractivity contribution in [2.24, 2.45) is 0 Å². The fourth-order valence-electron chi connectivity index (χ4n) is 6.54. The Bertz CT molecular complexity index is 1830. The first-order valence-corrected chi connectivity index (χ1v) is 11.9. The van der Waals surface area contributed by atoms with Crippen LogP contribution in [0, 0.1) is 6.92 Å². The third-order valence-electron chi connectivity index (χ3n) is 8.33. The van der Waals surface area contributed by atoms with Gasteiger partial charge in [0.05, 0.1) is 35.8 Å². The monoisotopic (exact) mass is 483 g/mol. The normalized spacial score (nSPS) is 23.1. The molecule has 2 aliphatic rings. The van der Waals surface area contributed by atoms with Gasteiger partial charge in [0, 0.05) is 40.7 Å². The zero-order chi connectivity index (χ0) is 25.1. The Hall–Kier alpha value is -3.88. The molecule has 0 aliphatic carbocycles. The Morgan fingerprint density at radius 1 is 1.06 bits per heavy atom. The number of esters is 1. The summed E-state index contributed by atoms with van der Waals surface area (Å²) >= 11 is 0. The maximum absolute atomic E-state index is 13.4. The third-order valence-corrected chi connectivity index (χ3v) is 8.33.